The molecular weight excluding hydrogens is 296 g/mol. The first kappa shape index (κ1) is 16.8. The molecule has 1 aromatic carbocycles. The monoisotopic (exact) mass is 320 g/mol. The van der Waals surface area contributed by atoms with Gasteiger partial charge in [-0.15, -0.1) is 11.3 Å². The number of rotatable bonds is 9. The second kappa shape index (κ2) is 8.78. The van der Waals surface area contributed by atoms with Gasteiger partial charge in [0.1, 0.15) is 0 Å². The van der Waals surface area contributed by atoms with E-state index in [2.05, 4.69) is 25.1 Å². The molecule has 0 fully saturated rings. The Morgan fingerprint density at radius 3 is 2.18 bits per heavy atom. The molecule has 0 saturated heterocycles. The number of benzene rings is 1. The first-order valence-corrected chi connectivity index (χ1v) is 8.43. The van der Waals surface area contributed by atoms with Crippen molar-refractivity contribution >= 4 is 11.3 Å². The van der Waals surface area contributed by atoms with E-state index in [1.165, 1.54) is 9.75 Å². The molecule has 2 rings (SSSR count). The summed E-state index contributed by atoms with van der Waals surface area (Å²) in [6.07, 6.45) is 1.65. The lowest BCUT2D eigenvalue weighted by Gasteiger charge is -2.13. The highest BCUT2D eigenvalue weighted by Gasteiger charge is 2.09. The first-order valence-electron chi connectivity index (χ1n) is 7.61. The topological polar surface area (TPSA) is 70.5 Å². The van der Waals surface area contributed by atoms with E-state index in [1.54, 1.807) is 11.3 Å². The van der Waals surface area contributed by atoms with E-state index in [1.807, 2.05) is 12.1 Å². The number of nitrogens with two attached hydrogens (primary N) is 2. The van der Waals surface area contributed by atoms with E-state index < -0.39 is 0 Å². The number of aryl methyl sites for hydroxylation is 1. The molecule has 0 unspecified atom stereocenters. The molecule has 120 valence electrons. The molecule has 0 spiro atoms. The number of hydrogen-bond acceptors (Lipinski definition) is 5. The summed E-state index contributed by atoms with van der Waals surface area (Å²) < 4.78 is 11.6. The lowest BCUT2D eigenvalue weighted by molar-refractivity contribution is 0.265. The predicted molar refractivity (Wildman–Crippen MR) is 92.8 cm³/mol. The molecule has 0 saturated carbocycles. The molecule has 1 aromatic heterocycles. The highest BCUT2D eigenvalue weighted by atomic mass is 32.1. The second-order valence-corrected chi connectivity index (χ2v) is 6.34. The minimum absolute atomic E-state index is 0.594. The first-order chi connectivity index (χ1) is 10.7. The molecule has 0 aliphatic heterocycles. The average Bonchev–Trinajstić information content (AvgIpc) is 2.95. The maximum absolute atomic E-state index is 5.85. The molecule has 0 aliphatic carbocycles. The Hall–Kier alpha value is -1.56. The molecule has 22 heavy (non-hydrogen) atoms. The van der Waals surface area contributed by atoms with Crippen molar-refractivity contribution in [3.63, 3.8) is 0 Å². The van der Waals surface area contributed by atoms with Gasteiger partial charge in [0.15, 0.2) is 11.5 Å². The molecule has 1 heterocycles. The van der Waals surface area contributed by atoms with E-state index >= 15 is 0 Å². The number of hydrogen-bond donors (Lipinski definition) is 2. The van der Waals surface area contributed by atoms with Crippen molar-refractivity contribution in [1.29, 1.82) is 0 Å². The van der Waals surface area contributed by atoms with Gasteiger partial charge < -0.3 is 20.9 Å². The molecular formula is C17H24N2O2S. The molecule has 0 atom stereocenters. The van der Waals surface area contributed by atoms with Crippen molar-refractivity contribution in [2.45, 2.75) is 19.8 Å². The van der Waals surface area contributed by atoms with Gasteiger partial charge in [-0.2, -0.15) is 0 Å². The van der Waals surface area contributed by atoms with Crippen molar-refractivity contribution in [2.75, 3.05) is 26.3 Å². The lowest BCUT2D eigenvalue weighted by Crippen LogP contribution is -2.09. The largest absolute Gasteiger partial charge is 0.490 e. The lowest BCUT2D eigenvalue weighted by atomic mass is 10.1. The minimum atomic E-state index is 0.594. The summed E-state index contributed by atoms with van der Waals surface area (Å²) in [5, 5.41) is 0. The van der Waals surface area contributed by atoms with E-state index in [9.17, 15) is 0 Å². The maximum Gasteiger partial charge on any atom is 0.161 e. The molecule has 0 bridgehead atoms. The normalized spacial score (nSPS) is 10.7. The summed E-state index contributed by atoms with van der Waals surface area (Å²) >= 11 is 1.77. The van der Waals surface area contributed by atoms with Gasteiger partial charge in [-0.05, 0) is 68.8 Å². The molecule has 0 radical (unpaired) electrons. The quantitative estimate of drug-likeness (QED) is 0.696. The molecule has 2 aromatic rings. The van der Waals surface area contributed by atoms with Crippen molar-refractivity contribution in [2.24, 2.45) is 11.5 Å². The van der Waals surface area contributed by atoms with Crippen LogP contribution in [-0.4, -0.2) is 26.3 Å². The SMILES string of the molecule is Cc1ccc(-c2ccc(OCCCN)c(OCCCN)c2)s1. The van der Waals surface area contributed by atoms with Gasteiger partial charge >= 0.3 is 0 Å². The summed E-state index contributed by atoms with van der Waals surface area (Å²) in [4.78, 5) is 2.53. The van der Waals surface area contributed by atoms with Gasteiger partial charge in [0, 0.05) is 9.75 Å². The van der Waals surface area contributed by atoms with Crippen molar-refractivity contribution in [1.82, 2.24) is 0 Å². The van der Waals surface area contributed by atoms with Crippen LogP contribution in [0, 0.1) is 6.92 Å². The third-order valence-electron chi connectivity index (χ3n) is 3.18. The van der Waals surface area contributed by atoms with Crippen molar-refractivity contribution in [3.05, 3.63) is 35.2 Å². The maximum atomic E-state index is 5.85. The van der Waals surface area contributed by atoms with Crippen LogP contribution >= 0.6 is 11.3 Å². The smallest absolute Gasteiger partial charge is 0.161 e. The molecule has 0 amide bonds. The van der Waals surface area contributed by atoms with E-state index in [0.29, 0.717) is 26.3 Å². The summed E-state index contributed by atoms with van der Waals surface area (Å²) in [6, 6.07) is 10.3. The number of ether oxygens (including phenoxy) is 2. The zero-order valence-electron chi connectivity index (χ0n) is 13.0. The molecule has 4 nitrogen and oxygen atoms in total. The average molecular weight is 320 g/mol. The summed E-state index contributed by atoms with van der Waals surface area (Å²) in [5.74, 6) is 1.54. The van der Waals surface area contributed by atoms with E-state index in [4.69, 9.17) is 20.9 Å². The third kappa shape index (κ3) is 4.73. The van der Waals surface area contributed by atoms with Crippen LogP contribution in [0.5, 0.6) is 11.5 Å². The summed E-state index contributed by atoms with van der Waals surface area (Å²) in [5.41, 5.74) is 12.2. The van der Waals surface area contributed by atoms with Crippen molar-refractivity contribution in [3.8, 4) is 21.9 Å². The van der Waals surface area contributed by atoms with Crippen LogP contribution in [0.15, 0.2) is 30.3 Å². The Labute approximate surface area is 136 Å². The highest BCUT2D eigenvalue weighted by Crippen LogP contribution is 2.35. The van der Waals surface area contributed by atoms with Gasteiger partial charge in [0.05, 0.1) is 13.2 Å². The van der Waals surface area contributed by atoms with Crippen LogP contribution in [0.1, 0.15) is 17.7 Å². The fourth-order valence-corrected chi connectivity index (χ4v) is 2.88. The van der Waals surface area contributed by atoms with Crippen LogP contribution in [0.4, 0.5) is 0 Å². The Morgan fingerprint density at radius 2 is 1.59 bits per heavy atom. The third-order valence-corrected chi connectivity index (χ3v) is 4.23. The summed E-state index contributed by atoms with van der Waals surface area (Å²) in [7, 11) is 0. The van der Waals surface area contributed by atoms with E-state index in [0.717, 1.165) is 29.9 Å². The van der Waals surface area contributed by atoms with Crippen LogP contribution in [-0.2, 0) is 0 Å². The van der Waals surface area contributed by atoms with Gasteiger partial charge in [-0.25, -0.2) is 0 Å². The van der Waals surface area contributed by atoms with Crippen LogP contribution in [0.25, 0.3) is 10.4 Å². The van der Waals surface area contributed by atoms with Crippen molar-refractivity contribution < 1.29 is 9.47 Å². The summed E-state index contributed by atoms with van der Waals surface area (Å²) in [6.45, 7) is 4.54. The van der Waals surface area contributed by atoms with Gasteiger partial charge in [0.2, 0.25) is 0 Å². The zero-order valence-corrected chi connectivity index (χ0v) is 13.8. The zero-order chi connectivity index (χ0) is 15.8. The van der Waals surface area contributed by atoms with Crippen LogP contribution < -0.4 is 20.9 Å². The molecule has 0 aliphatic rings. The second-order valence-electron chi connectivity index (χ2n) is 5.05. The number of thiophene rings is 1. The predicted octanol–water partition coefficient (Wildman–Crippen LogP) is 3.18. The van der Waals surface area contributed by atoms with Gasteiger partial charge in [-0.1, -0.05) is 0 Å². The Balaban J connectivity index is 2.17. The minimum Gasteiger partial charge on any atom is -0.490 e. The fourth-order valence-electron chi connectivity index (χ4n) is 2.01. The van der Waals surface area contributed by atoms with Crippen LogP contribution in [0.2, 0.25) is 0 Å². The Morgan fingerprint density at radius 1 is 0.909 bits per heavy atom. The standard InChI is InChI=1S/C17H24N2O2S/c1-13-4-7-17(22-13)14-5-6-15(20-10-2-8-18)16(12-14)21-11-3-9-19/h4-7,12H,2-3,8-11,18-19H2,1H3. The molecule has 5 heteroatoms. The fraction of sp³-hybridized carbons (Fsp3) is 0.412. The Bertz CT molecular complexity index is 584. The van der Waals surface area contributed by atoms with Gasteiger partial charge in [0.25, 0.3) is 0 Å². The van der Waals surface area contributed by atoms with Crippen LogP contribution in [0.3, 0.4) is 0 Å². The van der Waals surface area contributed by atoms with E-state index in [-0.39, 0.29) is 0 Å². The Kier molecular flexibility index (Phi) is 6.71. The van der Waals surface area contributed by atoms with Gasteiger partial charge in [-0.3, -0.25) is 0 Å². The highest BCUT2D eigenvalue weighted by molar-refractivity contribution is 7.15. The molecule has 4 N–H and O–H groups in total.